The maximum atomic E-state index is 12.7. The molecule has 4 rings (SSSR count). The molecule has 3 heterocycles. The molecule has 0 spiro atoms. The summed E-state index contributed by atoms with van der Waals surface area (Å²) < 4.78 is 5.83. The molecule has 0 aliphatic carbocycles. The van der Waals surface area contributed by atoms with Crippen molar-refractivity contribution >= 4 is 33.1 Å². The molecule has 152 valence electrons. The zero-order valence-electron chi connectivity index (χ0n) is 16.4. The molecule has 2 aromatic heterocycles. The third-order valence-corrected chi connectivity index (χ3v) is 6.37. The van der Waals surface area contributed by atoms with Crippen LogP contribution >= 0.6 is 11.3 Å². The van der Waals surface area contributed by atoms with Gasteiger partial charge in [-0.3, -0.25) is 14.5 Å². The van der Waals surface area contributed by atoms with Crippen LogP contribution in [0.5, 0.6) is 5.75 Å². The van der Waals surface area contributed by atoms with Crippen molar-refractivity contribution < 1.29 is 9.53 Å². The number of likely N-dealkylation sites (tertiary alicyclic amines) is 1. The van der Waals surface area contributed by atoms with Gasteiger partial charge in [-0.2, -0.15) is 0 Å². The van der Waals surface area contributed by atoms with E-state index in [1.165, 1.54) is 36.9 Å². The highest BCUT2D eigenvalue weighted by Crippen LogP contribution is 2.27. The Labute approximate surface area is 172 Å². The van der Waals surface area contributed by atoms with Crippen LogP contribution in [0.4, 0.5) is 5.69 Å². The minimum atomic E-state index is -0.247. The summed E-state index contributed by atoms with van der Waals surface area (Å²) in [5.41, 5.74) is 1.10. The van der Waals surface area contributed by atoms with Crippen LogP contribution in [0.15, 0.2) is 35.4 Å². The number of amides is 1. The van der Waals surface area contributed by atoms with Crippen molar-refractivity contribution in [1.29, 1.82) is 0 Å². The number of nitrogens with one attached hydrogen (secondary N) is 2. The van der Waals surface area contributed by atoms with Gasteiger partial charge in [0.1, 0.15) is 17.2 Å². The standard InChI is InChI=1S/C21H24N4O3S/c1-14-17-19(26)22-13-23-21(17)29-18(14)20(27)24-15-5-7-16(8-6-15)28-12-11-25-9-3-2-4-10-25/h5-8,13H,2-4,9-12H2,1H3,(H,24,27)(H,22,23,26). The number of piperidine rings is 1. The lowest BCUT2D eigenvalue weighted by Gasteiger charge is -2.26. The number of nitrogens with zero attached hydrogens (tertiary/aromatic N) is 2. The second-order valence-electron chi connectivity index (χ2n) is 7.20. The highest BCUT2D eigenvalue weighted by atomic mass is 32.1. The molecule has 1 aliphatic rings. The fourth-order valence-corrected chi connectivity index (χ4v) is 4.64. The molecule has 7 nitrogen and oxygen atoms in total. The third-order valence-electron chi connectivity index (χ3n) is 5.18. The van der Waals surface area contributed by atoms with Crippen molar-refractivity contribution in [3.05, 3.63) is 51.4 Å². The minimum absolute atomic E-state index is 0.228. The number of hydrogen-bond donors (Lipinski definition) is 2. The number of aryl methyl sites for hydroxylation is 1. The van der Waals surface area contributed by atoms with Crippen LogP contribution in [0.1, 0.15) is 34.5 Å². The molecule has 1 aromatic carbocycles. The topological polar surface area (TPSA) is 87.3 Å². The number of carbonyl (C=O) groups excluding carboxylic acids is 1. The zero-order chi connectivity index (χ0) is 20.2. The number of anilines is 1. The molecular weight excluding hydrogens is 388 g/mol. The number of hydrogen-bond acceptors (Lipinski definition) is 6. The summed E-state index contributed by atoms with van der Waals surface area (Å²) in [7, 11) is 0. The largest absolute Gasteiger partial charge is 0.492 e. The summed E-state index contributed by atoms with van der Waals surface area (Å²) in [6, 6.07) is 7.36. The Kier molecular flexibility index (Phi) is 5.92. The van der Waals surface area contributed by atoms with Gasteiger partial charge in [0.15, 0.2) is 0 Å². The summed E-state index contributed by atoms with van der Waals surface area (Å²) in [5.74, 6) is 0.539. The zero-order valence-corrected chi connectivity index (χ0v) is 17.2. The van der Waals surface area contributed by atoms with Crippen LogP contribution in [-0.4, -0.2) is 47.0 Å². The predicted octanol–water partition coefficient (Wildman–Crippen LogP) is 3.41. The molecule has 1 fully saturated rings. The van der Waals surface area contributed by atoms with E-state index in [1.54, 1.807) is 6.92 Å². The summed E-state index contributed by atoms with van der Waals surface area (Å²) in [6.07, 6.45) is 5.24. The first-order chi connectivity index (χ1) is 14.1. The van der Waals surface area contributed by atoms with Gasteiger partial charge in [-0.15, -0.1) is 11.3 Å². The molecule has 2 N–H and O–H groups in total. The molecule has 0 unspecified atom stereocenters. The molecule has 1 amide bonds. The Morgan fingerprint density at radius 2 is 2.00 bits per heavy atom. The van der Waals surface area contributed by atoms with Crippen LogP contribution in [-0.2, 0) is 0 Å². The fraction of sp³-hybridized carbons (Fsp3) is 0.381. The van der Waals surface area contributed by atoms with Crippen LogP contribution in [0.25, 0.3) is 10.2 Å². The van der Waals surface area contributed by atoms with Crippen molar-refractivity contribution in [3.63, 3.8) is 0 Å². The van der Waals surface area contributed by atoms with Gasteiger partial charge < -0.3 is 15.0 Å². The number of fused-ring (bicyclic) bond motifs is 1. The number of aromatic amines is 1. The number of ether oxygens (including phenoxy) is 1. The van der Waals surface area contributed by atoms with Crippen LogP contribution in [0.2, 0.25) is 0 Å². The minimum Gasteiger partial charge on any atom is -0.492 e. The van der Waals surface area contributed by atoms with Gasteiger partial charge in [0.2, 0.25) is 0 Å². The maximum Gasteiger partial charge on any atom is 0.266 e. The van der Waals surface area contributed by atoms with E-state index in [2.05, 4.69) is 20.2 Å². The highest BCUT2D eigenvalue weighted by molar-refractivity contribution is 7.20. The molecule has 29 heavy (non-hydrogen) atoms. The maximum absolute atomic E-state index is 12.7. The third kappa shape index (κ3) is 4.49. The van der Waals surface area contributed by atoms with Gasteiger partial charge in [-0.05, 0) is 62.7 Å². The molecule has 3 aromatic rings. The Bertz CT molecular complexity index is 1050. The molecule has 1 saturated heterocycles. The number of aromatic nitrogens is 2. The molecule has 0 radical (unpaired) electrons. The average molecular weight is 413 g/mol. The van der Waals surface area contributed by atoms with Gasteiger partial charge in [0, 0.05) is 12.2 Å². The fourth-order valence-electron chi connectivity index (χ4n) is 3.59. The molecule has 1 aliphatic heterocycles. The highest BCUT2D eigenvalue weighted by Gasteiger charge is 2.18. The van der Waals surface area contributed by atoms with Crippen molar-refractivity contribution in [2.45, 2.75) is 26.2 Å². The lowest BCUT2D eigenvalue weighted by atomic mass is 10.1. The van der Waals surface area contributed by atoms with E-state index in [-0.39, 0.29) is 11.5 Å². The number of benzene rings is 1. The van der Waals surface area contributed by atoms with Crippen LogP contribution < -0.4 is 15.6 Å². The van der Waals surface area contributed by atoms with Gasteiger partial charge in [-0.25, -0.2) is 4.98 Å². The van der Waals surface area contributed by atoms with E-state index in [0.717, 1.165) is 25.4 Å². The number of H-pyrrole nitrogens is 1. The van der Waals surface area contributed by atoms with Crippen molar-refractivity contribution in [2.24, 2.45) is 0 Å². The van der Waals surface area contributed by atoms with Gasteiger partial charge in [-0.1, -0.05) is 6.42 Å². The van der Waals surface area contributed by atoms with E-state index < -0.39 is 0 Å². The first-order valence-electron chi connectivity index (χ1n) is 9.85. The molecule has 0 saturated carbocycles. The Morgan fingerprint density at radius 1 is 1.24 bits per heavy atom. The van der Waals surface area contributed by atoms with E-state index >= 15 is 0 Å². The first kappa shape index (κ1) is 19.6. The molecule has 8 heteroatoms. The van der Waals surface area contributed by atoms with E-state index in [4.69, 9.17) is 4.74 Å². The molecule has 0 atom stereocenters. The molecule has 0 bridgehead atoms. The number of rotatable bonds is 6. The van der Waals surface area contributed by atoms with Gasteiger partial charge in [0.05, 0.1) is 16.6 Å². The van der Waals surface area contributed by atoms with Crippen molar-refractivity contribution in [3.8, 4) is 5.75 Å². The smallest absolute Gasteiger partial charge is 0.266 e. The quantitative estimate of drug-likeness (QED) is 0.648. The normalized spacial score (nSPS) is 14.8. The first-order valence-corrected chi connectivity index (χ1v) is 10.7. The monoisotopic (exact) mass is 412 g/mol. The van der Waals surface area contributed by atoms with Crippen LogP contribution in [0, 0.1) is 6.92 Å². The van der Waals surface area contributed by atoms with E-state index in [9.17, 15) is 9.59 Å². The van der Waals surface area contributed by atoms with Crippen molar-refractivity contribution in [2.75, 3.05) is 31.6 Å². The summed E-state index contributed by atoms with van der Waals surface area (Å²) in [6.45, 7) is 5.69. The van der Waals surface area contributed by atoms with E-state index in [0.29, 0.717) is 33.0 Å². The SMILES string of the molecule is Cc1c(C(=O)Nc2ccc(OCCN3CCCCC3)cc2)sc2nc[nH]c(=O)c12. The second-order valence-corrected chi connectivity index (χ2v) is 8.20. The molecular formula is C21H24N4O3S. The number of thiophene rings is 1. The lowest BCUT2D eigenvalue weighted by Crippen LogP contribution is -2.33. The van der Waals surface area contributed by atoms with Gasteiger partial charge in [0.25, 0.3) is 11.5 Å². The van der Waals surface area contributed by atoms with Gasteiger partial charge >= 0.3 is 0 Å². The van der Waals surface area contributed by atoms with Crippen molar-refractivity contribution in [1.82, 2.24) is 14.9 Å². The average Bonchev–Trinajstić information content (AvgIpc) is 3.08. The predicted molar refractivity (Wildman–Crippen MR) is 115 cm³/mol. The Balaban J connectivity index is 1.36. The van der Waals surface area contributed by atoms with Crippen LogP contribution in [0.3, 0.4) is 0 Å². The lowest BCUT2D eigenvalue weighted by molar-refractivity contribution is 0.103. The summed E-state index contributed by atoms with van der Waals surface area (Å²) in [4.78, 5) is 34.8. The Hall–Kier alpha value is -2.71. The number of carbonyl (C=O) groups is 1. The summed E-state index contributed by atoms with van der Waals surface area (Å²) in [5, 5.41) is 3.35. The Morgan fingerprint density at radius 3 is 2.72 bits per heavy atom. The van der Waals surface area contributed by atoms with E-state index in [1.807, 2.05) is 24.3 Å². The summed E-state index contributed by atoms with van der Waals surface area (Å²) >= 11 is 1.22. The second kappa shape index (κ2) is 8.75.